The summed E-state index contributed by atoms with van der Waals surface area (Å²) in [6.07, 6.45) is 2.37. The highest BCUT2D eigenvalue weighted by atomic mass is 16.5. The van der Waals surface area contributed by atoms with Crippen LogP contribution < -0.4 is 10.2 Å². The summed E-state index contributed by atoms with van der Waals surface area (Å²) in [5, 5.41) is 4.65. The third-order valence-corrected chi connectivity index (χ3v) is 4.96. The fourth-order valence-electron chi connectivity index (χ4n) is 3.89. The lowest BCUT2D eigenvalue weighted by Gasteiger charge is -2.41. The van der Waals surface area contributed by atoms with Crippen LogP contribution in [-0.4, -0.2) is 67.9 Å². The first-order chi connectivity index (χ1) is 11.8. The molecular formula is C19H26N4O. The van der Waals surface area contributed by atoms with E-state index in [0.29, 0.717) is 0 Å². The summed E-state index contributed by atoms with van der Waals surface area (Å²) in [6, 6.07) is 10.6. The van der Waals surface area contributed by atoms with Crippen molar-refractivity contribution >= 4 is 16.6 Å². The Balaban J connectivity index is 1.53. The van der Waals surface area contributed by atoms with Crippen LogP contribution in [0.5, 0.6) is 0 Å². The molecule has 2 aliphatic rings. The molecule has 2 atom stereocenters. The van der Waals surface area contributed by atoms with Crippen molar-refractivity contribution < 1.29 is 4.74 Å². The Morgan fingerprint density at radius 2 is 2.04 bits per heavy atom. The van der Waals surface area contributed by atoms with E-state index in [1.165, 1.54) is 11.1 Å². The number of aromatic nitrogens is 1. The van der Waals surface area contributed by atoms with Gasteiger partial charge in [-0.3, -0.25) is 9.88 Å². The number of rotatable bonds is 3. The molecule has 128 valence electrons. The summed E-state index contributed by atoms with van der Waals surface area (Å²) in [7, 11) is 0. The molecular weight excluding hydrogens is 300 g/mol. The second kappa shape index (κ2) is 7.05. The molecule has 5 nitrogen and oxygen atoms in total. The second-order valence-electron chi connectivity index (χ2n) is 6.87. The minimum absolute atomic E-state index is 0.249. The van der Waals surface area contributed by atoms with Crippen LogP contribution >= 0.6 is 0 Å². The van der Waals surface area contributed by atoms with E-state index in [1.807, 2.05) is 12.3 Å². The van der Waals surface area contributed by atoms with Gasteiger partial charge in [-0.1, -0.05) is 6.07 Å². The van der Waals surface area contributed by atoms with Crippen LogP contribution in [0.4, 0.5) is 5.69 Å². The topological polar surface area (TPSA) is 40.6 Å². The van der Waals surface area contributed by atoms with Crippen LogP contribution in [0.15, 0.2) is 36.5 Å². The number of anilines is 1. The molecule has 0 aliphatic carbocycles. The van der Waals surface area contributed by atoms with Gasteiger partial charge in [0.15, 0.2) is 0 Å². The fourth-order valence-corrected chi connectivity index (χ4v) is 3.89. The molecule has 0 unspecified atom stereocenters. The molecule has 0 spiro atoms. The normalized spacial score (nSPS) is 26.0. The molecule has 2 aliphatic heterocycles. The molecule has 5 heteroatoms. The van der Waals surface area contributed by atoms with Gasteiger partial charge >= 0.3 is 0 Å². The summed E-state index contributed by atoms with van der Waals surface area (Å²) in [4.78, 5) is 9.49. The number of hydrogen-bond donors (Lipinski definition) is 1. The van der Waals surface area contributed by atoms with Gasteiger partial charge in [-0.05, 0) is 31.2 Å². The number of morpholine rings is 1. The smallest absolute Gasteiger partial charge is 0.0881 e. The molecule has 24 heavy (non-hydrogen) atoms. The molecule has 2 saturated heterocycles. The standard InChI is InChI=1S/C19H26N4O/c1-15-12-23(14-16(24-15)13-22-10-8-20-9-11-22)19-6-2-5-18-17(19)4-3-7-21-18/h2-7,15-16,20H,8-14H2,1H3/t15-,16+/m1/s1. The summed E-state index contributed by atoms with van der Waals surface area (Å²) >= 11 is 0. The average Bonchev–Trinajstić information content (AvgIpc) is 2.61. The van der Waals surface area contributed by atoms with Crippen molar-refractivity contribution in [3.05, 3.63) is 36.5 Å². The van der Waals surface area contributed by atoms with Crippen LogP contribution in [0.2, 0.25) is 0 Å². The number of benzene rings is 1. The summed E-state index contributed by atoms with van der Waals surface area (Å²) < 4.78 is 6.23. The summed E-state index contributed by atoms with van der Waals surface area (Å²) in [5.74, 6) is 0. The second-order valence-corrected chi connectivity index (χ2v) is 6.87. The maximum absolute atomic E-state index is 6.23. The Bertz CT molecular complexity index is 681. The van der Waals surface area contributed by atoms with E-state index in [4.69, 9.17) is 4.74 Å². The highest BCUT2D eigenvalue weighted by Gasteiger charge is 2.28. The van der Waals surface area contributed by atoms with Gasteiger partial charge in [0, 0.05) is 63.1 Å². The van der Waals surface area contributed by atoms with Crippen molar-refractivity contribution in [3.63, 3.8) is 0 Å². The molecule has 0 radical (unpaired) electrons. The number of pyridine rings is 1. The van der Waals surface area contributed by atoms with Gasteiger partial charge in [-0.15, -0.1) is 0 Å². The SMILES string of the molecule is C[C@@H]1CN(c2cccc3ncccc23)C[C@H](CN2CCNCC2)O1. The Kier molecular flexibility index (Phi) is 4.65. The molecule has 1 aromatic carbocycles. The van der Waals surface area contributed by atoms with E-state index in [1.54, 1.807) is 0 Å². The van der Waals surface area contributed by atoms with E-state index < -0.39 is 0 Å². The van der Waals surface area contributed by atoms with Gasteiger partial charge in [-0.2, -0.15) is 0 Å². The minimum Gasteiger partial charge on any atom is -0.370 e. The zero-order valence-corrected chi connectivity index (χ0v) is 14.3. The van der Waals surface area contributed by atoms with Crippen molar-refractivity contribution in [2.45, 2.75) is 19.1 Å². The maximum atomic E-state index is 6.23. The number of hydrogen-bond acceptors (Lipinski definition) is 5. The Labute approximate surface area is 143 Å². The molecule has 4 rings (SSSR count). The third kappa shape index (κ3) is 3.38. The predicted molar refractivity (Wildman–Crippen MR) is 97.6 cm³/mol. The lowest BCUT2D eigenvalue weighted by Crippen LogP contribution is -2.53. The average molecular weight is 326 g/mol. The van der Waals surface area contributed by atoms with Gasteiger partial charge in [0.25, 0.3) is 0 Å². The summed E-state index contributed by atoms with van der Waals surface area (Å²) in [5.41, 5.74) is 2.34. The van der Waals surface area contributed by atoms with E-state index in [2.05, 4.69) is 51.3 Å². The number of ether oxygens (including phenoxy) is 1. The Morgan fingerprint density at radius 3 is 2.92 bits per heavy atom. The first-order valence-electron chi connectivity index (χ1n) is 8.97. The predicted octanol–water partition coefficient (Wildman–Crippen LogP) is 1.73. The van der Waals surface area contributed by atoms with Crippen LogP contribution in [0.3, 0.4) is 0 Å². The van der Waals surface area contributed by atoms with Crippen molar-refractivity contribution in [2.75, 3.05) is 50.7 Å². The van der Waals surface area contributed by atoms with Crippen LogP contribution in [-0.2, 0) is 4.74 Å². The summed E-state index contributed by atoms with van der Waals surface area (Å²) in [6.45, 7) is 9.49. The minimum atomic E-state index is 0.249. The quantitative estimate of drug-likeness (QED) is 0.930. The lowest BCUT2D eigenvalue weighted by molar-refractivity contribution is -0.0334. The lowest BCUT2D eigenvalue weighted by atomic mass is 10.1. The monoisotopic (exact) mass is 326 g/mol. The van der Waals surface area contributed by atoms with Crippen molar-refractivity contribution in [1.82, 2.24) is 15.2 Å². The molecule has 3 heterocycles. The molecule has 0 bridgehead atoms. The Hall–Kier alpha value is -1.69. The van der Waals surface area contributed by atoms with Gasteiger partial charge in [-0.25, -0.2) is 0 Å². The van der Waals surface area contributed by atoms with E-state index in [-0.39, 0.29) is 12.2 Å². The zero-order chi connectivity index (χ0) is 16.4. The first kappa shape index (κ1) is 15.8. The van der Waals surface area contributed by atoms with Crippen LogP contribution in [0.25, 0.3) is 10.9 Å². The number of nitrogens with one attached hydrogen (secondary N) is 1. The number of fused-ring (bicyclic) bond motifs is 1. The van der Waals surface area contributed by atoms with E-state index in [0.717, 1.165) is 51.3 Å². The third-order valence-electron chi connectivity index (χ3n) is 4.96. The molecule has 0 saturated carbocycles. The first-order valence-corrected chi connectivity index (χ1v) is 8.97. The molecule has 2 aromatic rings. The zero-order valence-electron chi connectivity index (χ0n) is 14.3. The molecule has 0 amide bonds. The fraction of sp³-hybridized carbons (Fsp3) is 0.526. The molecule has 2 fully saturated rings. The Morgan fingerprint density at radius 1 is 1.17 bits per heavy atom. The van der Waals surface area contributed by atoms with Crippen molar-refractivity contribution in [2.24, 2.45) is 0 Å². The van der Waals surface area contributed by atoms with Crippen molar-refractivity contribution in [1.29, 1.82) is 0 Å². The largest absolute Gasteiger partial charge is 0.370 e. The number of nitrogens with zero attached hydrogens (tertiary/aromatic N) is 3. The van der Waals surface area contributed by atoms with Gasteiger partial charge in [0.2, 0.25) is 0 Å². The highest BCUT2D eigenvalue weighted by Crippen LogP contribution is 2.28. The van der Waals surface area contributed by atoms with Crippen molar-refractivity contribution in [3.8, 4) is 0 Å². The number of piperazine rings is 1. The van der Waals surface area contributed by atoms with E-state index in [9.17, 15) is 0 Å². The van der Waals surface area contributed by atoms with Gasteiger partial charge in [0.05, 0.1) is 17.7 Å². The van der Waals surface area contributed by atoms with E-state index >= 15 is 0 Å². The molecule has 1 aromatic heterocycles. The van der Waals surface area contributed by atoms with Gasteiger partial charge in [0.1, 0.15) is 0 Å². The van der Waals surface area contributed by atoms with Crippen LogP contribution in [0, 0.1) is 0 Å². The van der Waals surface area contributed by atoms with Crippen LogP contribution in [0.1, 0.15) is 6.92 Å². The highest BCUT2D eigenvalue weighted by molar-refractivity contribution is 5.91. The maximum Gasteiger partial charge on any atom is 0.0881 e. The van der Waals surface area contributed by atoms with Gasteiger partial charge < -0.3 is 15.0 Å². The molecule has 1 N–H and O–H groups in total.